The molecule has 1 aliphatic heterocycles. The summed E-state index contributed by atoms with van der Waals surface area (Å²) in [5.41, 5.74) is 2.78. The van der Waals surface area contributed by atoms with Gasteiger partial charge >= 0.3 is 5.97 Å². The number of ketones is 1. The van der Waals surface area contributed by atoms with E-state index < -0.39 is 17.8 Å². The number of allylic oxidation sites excluding steroid dienone is 2. The number of benzene rings is 1. The lowest BCUT2D eigenvalue weighted by Gasteiger charge is -2.42. The van der Waals surface area contributed by atoms with Gasteiger partial charge in [0.15, 0.2) is 11.2 Å². The second-order valence-electron chi connectivity index (χ2n) is 9.94. The van der Waals surface area contributed by atoms with Crippen LogP contribution in [0.1, 0.15) is 57.6 Å². The average molecular weight is 436 g/mol. The van der Waals surface area contributed by atoms with Gasteiger partial charge in [-0.1, -0.05) is 32.1 Å². The van der Waals surface area contributed by atoms with Gasteiger partial charge in [0.05, 0.1) is 17.8 Å². The quantitative estimate of drug-likeness (QED) is 0.714. The van der Waals surface area contributed by atoms with E-state index in [-0.39, 0.29) is 28.3 Å². The van der Waals surface area contributed by atoms with Crippen LogP contribution >= 0.6 is 0 Å². The van der Waals surface area contributed by atoms with Crippen LogP contribution in [0, 0.1) is 18.3 Å². The largest absolute Gasteiger partial charge is 0.464 e. The molecule has 2 heterocycles. The molecule has 0 saturated carbocycles. The standard InChI is InChI=1S/C26H29NO5/c1-13(2)32-25(30)21-15(4)27-18-10-26(5,6)11-19(28)23(18)22(21)17-12-31-20-8-7-14(3)9-16(20)24(17)29/h7-9,12-13,21-22,27H,4,10-11H2,1-3,5-6H3. The summed E-state index contributed by atoms with van der Waals surface area (Å²) in [5, 5.41) is 3.63. The van der Waals surface area contributed by atoms with Gasteiger partial charge in [0, 0.05) is 34.9 Å². The third-order valence-corrected chi connectivity index (χ3v) is 6.15. The highest BCUT2D eigenvalue weighted by molar-refractivity contribution is 6.01. The fourth-order valence-corrected chi connectivity index (χ4v) is 4.84. The van der Waals surface area contributed by atoms with Crippen LogP contribution < -0.4 is 10.7 Å². The predicted octanol–water partition coefficient (Wildman–Crippen LogP) is 4.51. The van der Waals surface area contributed by atoms with E-state index in [4.69, 9.17) is 9.15 Å². The Morgan fingerprint density at radius 3 is 2.66 bits per heavy atom. The van der Waals surface area contributed by atoms with E-state index >= 15 is 0 Å². The van der Waals surface area contributed by atoms with Gasteiger partial charge in [0.2, 0.25) is 0 Å². The van der Waals surface area contributed by atoms with Crippen molar-refractivity contribution in [2.75, 3.05) is 0 Å². The first-order valence-corrected chi connectivity index (χ1v) is 10.9. The third kappa shape index (κ3) is 3.78. The van der Waals surface area contributed by atoms with E-state index in [1.807, 2.05) is 26.8 Å². The monoisotopic (exact) mass is 435 g/mol. The Labute approximate surface area is 187 Å². The number of Topliss-reactive ketones (excluding diaryl/α,β-unsaturated/α-hetero) is 1. The number of aryl methyl sites for hydroxylation is 1. The molecule has 168 valence electrons. The molecule has 1 aromatic carbocycles. The SMILES string of the molecule is C=C1NC2=C(C(=O)CC(C)(C)C2)C(c2coc3ccc(C)cc3c2=O)C1C(=O)OC(C)C. The maximum Gasteiger partial charge on any atom is 0.316 e. The summed E-state index contributed by atoms with van der Waals surface area (Å²) in [4.78, 5) is 40.1. The Bertz CT molecular complexity index is 1230. The Morgan fingerprint density at radius 1 is 1.25 bits per heavy atom. The minimum absolute atomic E-state index is 0.0765. The molecule has 2 aliphatic rings. The van der Waals surface area contributed by atoms with Gasteiger partial charge in [0.1, 0.15) is 11.5 Å². The van der Waals surface area contributed by atoms with Crippen LogP contribution in [0.2, 0.25) is 0 Å². The van der Waals surface area contributed by atoms with Crippen LogP contribution in [0.15, 0.2) is 57.2 Å². The van der Waals surface area contributed by atoms with E-state index in [0.29, 0.717) is 35.1 Å². The van der Waals surface area contributed by atoms with Crippen molar-refractivity contribution in [3.05, 3.63) is 69.4 Å². The maximum absolute atomic E-state index is 13.6. The van der Waals surface area contributed by atoms with Gasteiger partial charge in [-0.05, 0) is 44.7 Å². The van der Waals surface area contributed by atoms with Crippen molar-refractivity contribution in [2.45, 2.75) is 59.5 Å². The highest BCUT2D eigenvalue weighted by Gasteiger charge is 2.48. The summed E-state index contributed by atoms with van der Waals surface area (Å²) in [5.74, 6) is -2.32. The van der Waals surface area contributed by atoms with Crippen LogP contribution in [0.5, 0.6) is 0 Å². The zero-order chi connectivity index (χ0) is 23.4. The minimum Gasteiger partial charge on any atom is -0.464 e. The zero-order valence-corrected chi connectivity index (χ0v) is 19.2. The molecule has 2 unspecified atom stereocenters. The van der Waals surface area contributed by atoms with E-state index in [1.165, 1.54) is 6.26 Å². The van der Waals surface area contributed by atoms with E-state index in [1.54, 1.807) is 26.0 Å². The second kappa shape index (κ2) is 7.76. The van der Waals surface area contributed by atoms with Crippen LogP contribution in [-0.2, 0) is 14.3 Å². The molecule has 0 radical (unpaired) electrons. The molecule has 2 atom stereocenters. The van der Waals surface area contributed by atoms with Crippen molar-refractivity contribution in [1.82, 2.24) is 5.32 Å². The third-order valence-electron chi connectivity index (χ3n) is 6.15. The molecule has 4 rings (SSSR count). The molecule has 6 nitrogen and oxygen atoms in total. The number of fused-ring (bicyclic) bond motifs is 1. The Hall–Kier alpha value is -3.15. The zero-order valence-electron chi connectivity index (χ0n) is 19.2. The van der Waals surface area contributed by atoms with Crippen LogP contribution in [-0.4, -0.2) is 17.9 Å². The molecule has 0 spiro atoms. The van der Waals surface area contributed by atoms with Gasteiger partial charge in [-0.2, -0.15) is 0 Å². The molecule has 1 aromatic heterocycles. The van der Waals surface area contributed by atoms with Gasteiger partial charge in [-0.3, -0.25) is 14.4 Å². The second-order valence-corrected chi connectivity index (χ2v) is 9.94. The summed E-state index contributed by atoms with van der Waals surface area (Å²) in [6, 6.07) is 5.39. The molecule has 1 aliphatic carbocycles. The molecule has 6 heteroatoms. The fraction of sp³-hybridized carbons (Fsp3) is 0.423. The number of carbonyl (C=O) groups excluding carboxylic acids is 2. The summed E-state index contributed by atoms with van der Waals surface area (Å²) in [6.45, 7) is 13.6. The Balaban J connectivity index is 1.97. The smallest absolute Gasteiger partial charge is 0.316 e. The van der Waals surface area contributed by atoms with E-state index in [9.17, 15) is 14.4 Å². The number of hydrogen-bond donors (Lipinski definition) is 1. The van der Waals surface area contributed by atoms with Crippen molar-refractivity contribution >= 4 is 22.7 Å². The lowest BCUT2D eigenvalue weighted by Crippen LogP contribution is -2.45. The number of rotatable bonds is 3. The van der Waals surface area contributed by atoms with Crippen LogP contribution in [0.25, 0.3) is 11.0 Å². The van der Waals surface area contributed by atoms with E-state index in [0.717, 1.165) is 11.3 Å². The first kappa shape index (κ1) is 22.1. The minimum atomic E-state index is -0.911. The first-order valence-electron chi connectivity index (χ1n) is 10.9. The number of esters is 1. The lowest BCUT2D eigenvalue weighted by molar-refractivity contribution is -0.151. The maximum atomic E-state index is 13.6. The molecule has 32 heavy (non-hydrogen) atoms. The molecule has 0 amide bonds. The predicted molar refractivity (Wildman–Crippen MR) is 122 cm³/mol. The van der Waals surface area contributed by atoms with Gasteiger partial charge in [0.25, 0.3) is 0 Å². The summed E-state index contributed by atoms with van der Waals surface area (Å²) >= 11 is 0. The average Bonchev–Trinajstić information content (AvgIpc) is 2.66. The molecule has 0 fully saturated rings. The molecular weight excluding hydrogens is 406 g/mol. The van der Waals surface area contributed by atoms with Gasteiger partial charge in [-0.25, -0.2) is 0 Å². The van der Waals surface area contributed by atoms with Gasteiger partial charge < -0.3 is 14.5 Å². The lowest BCUT2D eigenvalue weighted by atomic mass is 9.66. The molecule has 2 aromatic rings. The molecule has 0 bridgehead atoms. The van der Waals surface area contributed by atoms with Crippen molar-refractivity contribution in [3.63, 3.8) is 0 Å². The van der Waals surface area contributed by atoms with Gasteiger partial charge in [-0.15, -0.1) is 0 Å². The van der Waals surface area contributed by atoms with Crippen LogP contribution in [0.4, 0.5) is 0 Å². The normalized spacial score (nSPS) is 22.7. The Kier molecular flexibility index (Phi) is 5.35. The van der Waals surface area contributed by atoms with Crippen LogP contribution in [0.3, 0.4) is 0 Å². The number of carbonyl (C=O) groups is 2. The summed E-state index contributed by atoms with van der Waals surface area (Å²) in [6.07, 6.45) is 1.99. The molecule has 0 saturated heterocycles. The summed E-state index contributed by atoms with van der Waals surface area (Å²) < 4.78 is 11.3. The highest BCUT2D eigenvalue weighted by atomic mass is 16.5. The number of ether oxygens (including phenoxy) is 1. The highest BCUT2D eigenvalue weighted by Crippen LogP contribution is 2.47. The van der Waals surface area contributed by atoms with Crippen molar-refractivity contribution in [2.24, 2.45) is 11.3 Å². The van der Waals surface area contributed by atoms with E-state index in [2.05, 4.69) is 11.9 Å². The number of hydrogen-bond acceptors (Lipinski definition) is 6. The first-order chi connectivity index (χ1) is 15.0. The van der Waals surface area contributed by atoms with Crippen molar-refractivity contribution in [3.8, 4) is 0 Å². The number of nitrogens with one attached hydrogen (secondary N) is 1. The molecule has 1 N–H and O–H groups in total. The van der Waals surface area contributed by atoms with Crippen molar-refractivity contribution in [1.29, 1.82) is 0 Å². The summed E-state index contributed by atoms with van der Waals surface area (Å²) in [7, 11) is 0. The topological polar surface area (TPSA) is 85.6 Å². The Morgan fingerprint density at radius 2 is 1.97 bits per heavy atom. The van der Waals surface area contributed by atoms with Crippen molar-refractivity contribution < 1.29 is 18.7 Å². The molecular formula is C26H29NO5. The fourth-order valence-electron chi connectivity index (χ4n) is 4.84.